The molecular formula is C6H10NO6S2+. The van der Waals surface area contributed by atoms with E-state index in [9.17, 15) is 16.8 Å². The van der Waals surface area contributed by atoms with Crippen LogP contribution >= 0.6 is 0 Å². The summed E-state index contributed by atoms with van der Waals surface area (Å²) in [5, 5.41) is 0. The molecule has 0 aromatic rings. The Labute approximate surface area is 87.5 Å². The molecule has 7 nitrogen and oxygen atoms in total. The van der Waals surface area contributed by atoms with Crippen LogP contribution in [0.5, 0.6) is 0 Å². The second-order valence-electron chi connectivity index (χ2n) is 3.20. The fraction of sp³-hybridized carbons (Fsp3) is 0.333. The molecule has 1 heterocycles. The zero-order valence-corrected chi connectivity index (χ0v) is 9.36. The van der Waals surface area contributed by atoms with E-state index in [1.165, 1.54) is 7.05 Å². The van der Waals surface area contributed by atoms with Gasteiger partial charge in [-0.2, -0.15) is 12.3 Å². The maximum absolute atomic E-state index is 10.9. The molecule has 9 heteroatoms. The number of hydrogen-bond donors (Lipinski definition) is 2. The summed E-state index contributed by atoms with van der Waals surface area (Å²) in [4.78, 5) is -0.387. The Morgan fingerprint density at radius 1 is 1.27 bits per heavy atom. The number of quaternary nitrogens is 1. The van der Waals surface area contributed by atoms with Crippen LogP contribution in [0.2, 0.25) is 0 Å². The highest BCUT2D eigenvalue weighted by Crippen LogP contribution is 2.20. The van der Waals surface area contributed by atoms with Gasteiger partial charge in [-0.15, -0.1) is 8.42 Å². The number of nitrogens with zero attached hydrogens (tertiary/aromatic N) is 1. The summed E-state index contributed by atoms with van der Waals surface area (Å²) < 4.78 is 59.8. The Kier molecular flexibility index (Phi) is 2.78. The highest BCUT2D eigenvalue weighted by molar-refractivity contribution is 7.90. The van der Waals surface area contributed by atoms with Crippen LogP contribution in [-0.4, -0.2) is 43.4 Å². The summed E-state index contributed by atoms with van der Waals surface area (Å²) in [6, 6.07) is 0. The van der Waals surface area contributed by atoms with Gasteiger partial charge in [0.2, 0.25) is 0 Å². The maximum atomic E-state index is 10.9. The largest absolute Gasteiger partial charge is 0.437 e. The lowest BCUT2D eigenvalue weighted by molar-refractivity contribution is -0.727. The Morgan fingerprint density at radius 3 is 2.07 bits per heavy atom. The van der Waals surface area contributed by atoms with Crippen LogP contribution < -0.4 is 0 Å². The molecule has 1 unspecified atom stereocenters. The molecule has 0 spiro atoms. The fourth-order valence-electron chi connectivity index (χ4n) is 0.994. The first kappa shape index (κ1) is 12.3. The molecule has 1 rings (SSSR count). The molecule has 15 heavy (non-hydrogen) atoms. The topological polar surface area (TPSA) is 109 Å². The van der Waals surface area contributed by atoms with Gasteiger partial charge in [-0.1, -0.05) is 0 Å². The van der Waals surface area contributed by atoms with Crippen molar-refractivity contribution in [2.24, 2.45) is 0 Å². The third-order valence-electron chi connectivity index (χ3n) is 2.03. The van der Waals surface area contributed by atoms with Crippen molar-refractivity contribution in [2.45, 2.75) is 0 Å². The van der Waals surface area contributed by atoms with E-state index in [4.69, 9.17) is 9.11 Å². The Hall–Kier alpha value is -0.740. The SMILES string of the molecule is C[N+]1(S(=O)(=O)O)C=CC(S(=O)(=O)O)=CC1. The Morgan fingerprint density at radius 2 is 1.80 bits per heavy atom. The number of allylic oxidation sites excluding steroid dienone is 1. The van der Waals surface area contributed by atoms with Crippen LogP contribution in [0.4, 0.5) is 0 Å². The van der Waals surface area contributed by atoms with Crippen LogP contribution in [0, 0.1) is 0 Å². The van der Waals surface area contributed by atoms with Crippen molar-refractivity contribution in [3.63, 3.8) is 0 Å². The zero-order chi connectivity index (χ0) is 11.9. The molecular weight excluding hydrogens is 246 g/mol. The molecule has 86 valence electrons. The normalized spacial score (nSPS) is 27.5. The van der Waals surface area contributed by atoms with E-state index in [2.05, 4.69) is 0 Å². The summed E-state index contributed by atoms with van der Waals surface area (Å²) in [5.41, 5.74) is 0. The molecule has 1 atom stereocenters. The van der Waals surface area contributed by atoms with Crippen molar-refractivity contribution in [1.82, 2.24) is 0 Å². The monoisotopic (exact) mass is 256 g/mol. The molecule has 0 aliphatic carbocycles. The lowest BCUT2D eigenvalue weighted by Gasteiger charge is -2.25. The van der Waals surface area contributed by atoms with E-state index >= 15 is 0 Å². The smallest absolute Gasteiger partial charge is 0.282 e. The van der Waals surface area contributed by atoms with Crippen molar-refractivity contribution in [3.8, 4) is 0 Å². The van der Waals surface area contributed by atoms with E-state index in [0.29, 0.717) is 0 Å². The van der Waals surface area contributed by atoms with Gasteiger partial charge in [0.15, 0.2) is 0 Å². The fourth-order valence-corrected chi connectivity index (χ4v) is 1.99. The van der Waals surface area contributed by atoms with Gasteiger partial charge in [-0.05, 0) is 6.08 Å². The first-order valence-corrected chi connectivity index (χ1v) is 6.60. The van der Waals surface area contributed by atoms with Crippen LogP contribution in [0.3, 0.4) is 0 Å². The van der Waals surface area contributed by atoms with E-state index in [1.54, 1.807) is 0 Å². The summed E-state index contributed by atoms with van der Waals surface area (Å²) in [7, 11) is -7.51. The molecule has 0 radical (unpaired) electrons. The Bertz CT molecular complexity index is 528. The molecule has 0 amide bonds. The highest BCUT2D eigenvalue weighted by Gasteiger charge is 2.36. The second kappa shape index (κ2) is 3.39. The predicted molar refractivity (Wildman–Crippen MR) is 51.4 cm³/mol. The van der Waals surface area contributed by atoms with Crippen molar-refractivity contribution < 1.29 is 29.8 Å². The Balaban J connectivity index is 3.10. The average Bonchev–Trinajstić information content (AvgIpc) is 2.01. The van der Waals surface area contributed by atoms with Crippen LogP contribution in [0.15, 0.2) is 23.3 Å². The van der Waals surface area contributed by atoms with Gasteiger partial charge in [-0.3, -0.25) is 4.55 Å². The molecule has 2 N–H and O–H groups in total. The first-order valence-electron chi connectivity index (χ1n) is 3.76. The first-order chi connectivity index (χ1) is 6.56. The summed E-state index contributed by atoms with van der Waals surface area (Å²) in [6.07, 6.45) is 2.91. The molecule has 0 saturated carbocycles. The number of likely N-dealkylation sites (N-methyl/N-ethyl adjacent to an activating group) is 1. The summed E-state index contributed by atoms with van der Waals surface area (Å²) >= 11 is 0. The lowest BCUT2D eigenvalue weighted by Crippen LogP contribution is -2.45. The summed E-state index contributed by atoms with van der Waals surface area (Å²) in [5.74, 6) is 0. The van der Waals surface area contributed by atoms with Gasteiger partial charge in [0.05, 0.1) is 7.05 Å². The number of hydrogen-bond acceptors (Lipinski definition) is 4. The predicted octanol–water partition coefficient (Wildman–Crippen LogP) is -0.465. The van der Waals surface area contributed by atoms with Gasteiger partial charge in [0.25, 0.3) is 10.1 Å². The van der Waals surface area contributed by atoms with Gasteiger partial charge in [0.1, 0.15) is 17.6 Å². The van der Waals surface area contributed by atoms with Crippen molar-refractivity contribution in [2.75, 3.05) is 13.6 Å². The number of rotatable bonds is 2. The van der Waals surface area contributed by atoms with E-state index in [-0.39, 0.29) is 11.4 Å². The van der Waals surface area contributed by atoms with Crippen molar-refractivity contribution in [3.05, 3.63) is 23.3 Å². The van der Waals surface area contributed by atoms with Crippen molar-refractivity contribution in [1.29, 1.82) is 0 Å². The van der Waals surface area contributed by atoms with Crippen LogP contribution in [0.25, 0.3) is 0 Å². The maximum Gasteiger partial charge on any atom is 0.437 e. The minimum atomic E-state index is -4.36. The van der Waals surface area contributed by atoms with Crippen LogP contribution in [-0.2, 0) is 20.4 Å². The molecule has 0 bridgehead atoms. The molecule has 0 aromatic heterocycles. The van der Waals surface area contributed by atoms with Crippen LogP contribution in [0.1, 0.15) is 0 Å². The lowest BCUT2D eigenvalue weighted by atomic mass is 10.4. The van der Waals surface area contributed by atoms with E-state index < -0.39 is 24.3 Å². The summed E-state index contributed by atoms with van der Waals surface area (Å²) in [6.45, 7) is -0.273. The molecule has 0 fully saturated rings. The van der Waals surface area contributed by atoms with Gasteiger partial charge in [0, 0.05) is 6.08 Å². The third kappa shape index (κ3) is 2.44. The molecule has 0 aromatic carbocycles. The molecule has 0 saturated heterocycles. The molecule has 1 aliphatic heterocycles. The van der Waals surface area contributed by atoms with E-state index in [0.717, 1.165) is 18.4 Å². The average molecular weight is 256 g/mol. The highest BCUT2D eigenvalue weighted by atomic mass is 32.2. The van der Waals surface area contributed by atoms with E-state index in [1.807, 2.05) is 0 Å². The second-order valence-corrected chi connectivity index (χ2v) is 6.35. The zero-order valence-electron chi connectivity index (χ0n) is 7.73. The minimum Gasteiger partial charge on any atom is -0.282 e. The van der Waals surface area contributed by atoms with Gasteiger partial charge < -0.3 is 0 Å². The molecule has 1 aliphatic rings. The van der Waals surface area contributed by atoms with Gasteiger partial charge >= 0.3 is 10.3 Å². The van der Waals surface area contributed by atoms with Crippen molar-refractivity contribution >= 4 is 20.4 Å². The van der Waals surface area contributed by atoms with Gasteiger partial charge in [-0.25, -0.2) is 4.55 Å². The quantitative estimate of drug-likeness (QED) is 0.511. The minimum absolute atomic E-state index is 0.273. The third-order valence-corrected chi connectivity index (χ3v) is 4.26. The standard InChI is InChI=1S/C6H9NO6S2/c1-7(15(11,12)13)4-2-6(3-5-7)14(8,9)10/h2-4H,5H2,1H3,(H-,8,9,10,11,12,13)/p+1.